The summed E-state index contributed by atoms with van der Waals surface area (Å²) in [6.07, 6.45) is 3.23. The molecule has 0 unspecified atom stereocenters. The number of hydrogen-bond donors (Lipinski definition) is 0. The van der Waals surface area contributed by atoms with Gasteiger partial charge in [-0.3, -0.25) is 14.9 Å². The fourth-order valence-electron chi connectivity index (χ4n) is 2.75. The maximum atomic E-state index is 12.3. The van der Waals surface area contributed by atoms with Gasteiger partial charge in [0.05, 0.1) is 16.9 Å². The van der Waals surface area contributed by atoms with Crippen LogP contribution in [0.3, 0.4) is 0 Å². The number of carbonyl (C=O) groups excluding carboxylic acids is 1. The third-order valence-electron chi connectivity index (χ3n) is 4.24. The number of methoxy groups -OCH3 is 1. The second kappa shape index (κ2) is 9.69. The number of carbonyl (C=O) groups is 1. The van der Waals surface area contributed by atoms with E-state index in [-0.39, 0.29) is 23.8 Å². The Hall–Kier alpha value is -2.97. The van der Waals surface area contributed by atoms with E-state index in [1.54, 1.807) is 37.5 Å². The quantitative estimate of drug-likeness (QED) is 0.163. The molecule has 0 atom stereocenters. The molecule has 0 saturated carbocycles. The summed E-state index contributed by atoms with van der Waals surface area (Å²) in [4.78, 5) is 23.7. The van der Waals surface area contributed by atoms with Crippen molar-refractivity contribution in [3.05, 3.63) is 90.1 Å². The van der Waals surface area contributed by atoms with Crippen molar-refractivity contribution in [1.82, 2.24) is 0 Å². The summed E-state index contributed by atoms with van der Waals surface area (Å²) in [5, 5.41) is 13.1. The first kappa shape index (κ1) is 21.7. The van der Waals surface area contributed by atoms with Gasteiger partial charge >= 0.3 is 5.69 Å². The molecule has 0 N–H and O–H groups in total. The van der Waals surface area contributed by atoms with Crippen molar-refractivity contribution >= 4 is 44.8 Å². The Balaban J connectivity index is 1.80. The molecule has 0 aliphatic heterocycles. The first-order chi connectivity index (χ1) is 14.4. The standard InChI is InChI=1S/C22H18BrNO5S/c1-14-3-6-18(24(26)27)21(9-14)29-12-16-10-15(5-8-20(16)28-2)4-7-19(25)22-11-17(23)13-30-22/h3-11,13H,12H2,1-2H3/b7-4+. The predicted octanol–water partition coefficient (Wildman–Crippen LogP) is 6.21. The number of halogens is 1. The summed E-state index contributed by atoms with van der Waals surface area (Å²) < 4.78 is 12.0. The van der Waals surface area contributed by atoms with Gasteiger partial charge in [-0.05, 0) is 64.3 Å². The maximum Gasteiger partial charge on any atom is 0.310 e. The van der Waals surface area contributed by atoms with E-state index in [1.807, 2.05) is 24.4 Å². The first-order valence-electron chi connectivity index (χ1n) is 8.88. The maximum absolute atomic E-state index is 12.3. The van der Waals surface area contributed by atoms with E-state index < -0.39 is 4.92 Å². The molecule has 3 rings (SSSR count). The Bertz CT molecular complexity index is 1120. The Morgan fingerprint density at radius 3 is 2.67 bits per heavy atom. The molecule has 30 heavy (non-hydrogen) atoms. The summed E-state index contributed by atoms with van der Waals surface area (Å²) in [6, 6.07) is 11.9. The Labute approximate surface area is 186 Å². The number of thiophene rings is 1. The van der Waals surface area contributed by atoms with E-state index in [0.29, 0.717) is 16.2 Å². The molecule has 2 aromatic carbocycles. The second-order valence-electron chi connectivity index (χ2n) is 6.42. The molecule has 0 bridgehead atoms. The molecule has 0 aliphatic carbocycles. The van der Waals surface area contributed by atoms with Gasteiger partial charge in [0.15, 0.2) is 11.5 Å². The highest BCUT2D eigenvalue weighted by molar-refractivity contribution is 9.10. The van der Waals surface area contributed by atoms with Crippen molar-refractivity contribution in [1.29, 1.82) is 0 Å². The number of rotatable bonds is 8. The van der Waals surface area contributed by atoms with Crippen molar-refractivity contribution in [3.63, 3.8) is 0 Å². The molecular formula is C22H18BrNO5S. The van der Waals surface area contributed by atoms with E-state index in [9.17, 15) is 14.9 Å². The molecule has 8 heteroatoms. The van der Waals surface area contributed by atoms with Crippen LogP contribution in [0, 0.1) is 17.0 Å². The van der Waals surface area contributed by atoms with E-state index in [2.05, 4.69) is 15.9 Å². The van der Waals surface area contributed by atoms with Crippen LogP contribution in [-0.4, -0.2) is 17.8 Å². The molecule has 1 aromatic heterocycles. The Morgan fingerprint density at radius 1 is 1.20 bits per heavy atom. The van der Waals surface area contributed by atoms with Gasteiger partial charge in [0.1, 0.15) is 12.4 Å². The van der Waals surface area contributed by atoms with Crippen molar-refractivity contribution in [2.45, 2.75) is 13.5 Å². The molecule has 0 radical (unpaired) electrons. The third-order valence-corrected chi connectivity index (χ3v) is 5.94. The van der Waals surface area contributed by atoms with Crippen LogP contribution in [0.1, 0.15) is 26.4 Å². The molecule has 0 saturated heterocycles. The zero-order valence-electron chi connectivity index (χ0n) is 16.3. The number of nitrogens with zero attached hydrogens (tertiary/aromatic N) is 1. The minimum atomic E-state index is -0.473. The number of benzene rings is 2. The molecule has 1 heterocycles. The van der Waals surface area contributed by atoms with Crippen LogP contribution < -0.4 is 9.47 Å². The van der Waals surface area contributed by atoms with Crippen LogP contribution in [0.15, 0.2) is 58.4 Å². The lowest BCUT2D eigenvalue weighted by Gasteiger charge is -2.12. The lowest BCUT2D eigenvalue weighted by molar-refractivity contribution is -0.386. The largest absolute Gasteiger partial charge is 0.496 e. The Kier molecular flexibility index (Phi) is 7.02. The Morgan fingerprint density at radius 2 is 2.00 bits per heavy atom. The van der Waals surface area contributed by atoms with Gasteiger partial charge in [-0.15, -0.1) is 11.3 Å². The normalized spacial score (nSPS) is 10.9. The highest BCUT2D eigenvalue weighted by atomic mass is 79.9. The monoisotopic (exact) mass is 487 g/mol. The summed E-state index contributed by atoms with van der Waals surface area (Å²) in [7, 11) is 1.54. The predicted molar refractivity (Wildman–Crippen MR) is 121 cm³/mol. The molecule has 154 valence electrons. The minimum Gasteiger partial charge on any atom is -0.496 e. The van der Waals surface area contributed by atoms with Gasteiger partial charge in [0.25, 0.3) is 0 Å². The van der Waals surface area contributed by atoms with Crippen molar-refractivity contribution in [2.24, 2.45) is 0 Å². The van der Waals surface area contributed by atoms with Gasteiger partial charge in [0.2, 0.25) is 0 Å². The summed E-state index contributed by atoms with van der Waals surface area (Å²) >= 11 is 4.71. The fourth-order valence-corrected chi connectivity index (χ4v) is 4.10. The lowest BCUT2D eigenvalue weighted by Crippen LogP contribution is -2.02. The molecule has 0 fully saturated rings. The van der Waals surface area contributed by atoms with Gasteiger partial charge < -0.3 is 9.47 Å². The second-order valence-corrected chi connectivity index (χ2v) is 8.24. The van der Waals surface area contributed by atoms with E-state index >= 15 is 0 Å². The third kappa shape index (κ3) is 5.34. The van der Waals surface area contributed by atoms with E-state index in [1.165, 1.54) is 23.5 Å². The van der Waals surface area contributed by atoms with E-state index in [4.69, 9.17) is 9.47 Å². The van der Waals surface area contributed by atoms with Crippen LogP contribution in [-0.2, 0) is 6.61 Å². The highest BCUT2D eigenvalue weighted by Gasteiger charge is 2.16. The molecule has 6 nitrogen and oxygen atoms in total. The van der Waals surface area contributed by atoms with Crippen LogP contribution >= 0.6 is 27.3 Å². The zero-order chi connectivity index (χ0) is 21.7. The van der Waals surface area contributed by atoms with Crippen LogP contribution in [0.2, 0.25) is 0 Å². The van der Waals surface area contributed by atoms with Crippen molar-refractivity contribution < 1.29 is 19.2 Å². The topological polar surface area (TPSA) is 78.7 Å². The molecule has 3 aromatic rings. The number of nitro benzene ring substituents is 1. The minimum absolute atomic E-state index is 0.0843. The lowest BCUT2D eigenvalue weighted by atomic mass is 10.1. The van der Waals surface area contributed by atoms with Crippen molar-refractivity contribution in [2.75, 3.05) is 7.11 Å². The molecule has 0 aliphatic rings. The molecule has 0 amide bonds. The van der Waals surface area contributed by atoms with Crippen LogP contribution in [0.5, 0.6) is 11.5 Å². The zero-order valence-corrected chi connectivity index (χ0v) is 18.7. The summed E-state index contributed by atoms with van der Waals surface area (Å²) in [5.74, 6) is 0.701. The average molecular weight is 488 g/mol. The van der Waals surface area contributed by atoms with E-state index in [0.717, 1.165) is 15.6 Å². The molecule has 0 spiro atoms. The number of hydrogen-bond acceptors (Lipinski definition) is 6. The summed E-state index contributed by atoms with van der Waals surface area (Å²) in [6.45, 7) is 1.92. The van der Waals surface area contributed by atoms with Gasteiger partial charge in [-0.25, -0.2) is 0 Å². The van der Waals surface area contributed by atoms with Gasteiger partial charge in [-0.2, -0.15) is 0 Å². The van der Waals surface area contributed by atoms with Crippen molar-refractivity contribution in [3.8, 4) is 11.5 Å². The first-order valence-corrected chi connectivity index (χ1v) is 10.6. The average Bonchev–Trinajstić information content (AvgIpc) is 3.16. The number of ether oxygens (including phenoxy) is 2. The number of aryl methyl sites for hydroxylation is 1. The molecular weight excluding hydrogens is 470 g/mol. The number of allylic oxidation sites excluding steroid dienone is 1. The number of ketones is 1. The SMILES string of the molecule is COc1ccc(/C=C/C(=O)c2cc(Br)cs2)cc1COc1cc(C)ccc1[N+](=O)[O-]. The summed E-state index contributed by atoms with van der Waals surface area (Å²) in [5.41, 5.74) is 2.26. The van der Waals surface area contributed by atoms with Gasteiger partial charge in [-0.1, -0.05) is 18.2 Å². The smallest absolute Gasteiger partial charge is 0.310 e. The van der Waals surface area contributed by atoms with Crippen LogP contribution in [0.25, 0.3) is 6.08 Å². The van der Waals surface area contributed by atoms with Crippen LogP contribution in [0.4, 0.5) is 5.69 Å². The fraction of sp³-hybridized carbons (Fsp3) is 0.136. The number of nitro groups is 1. The van der Waals surface area contributed by atoms with Gasteiger partial charge in [0, 0.05) is 21.5 Å². The highest BCUT2D eigenvalue weighted by Crippen LogP contribution is 2.30.